The number of benzene rings is 1. The minimum atomic E-state index is -0.339. The van der Waals surface area contributed by atoms with Gasteiger partial charge in [-0.05, 0) is 53.1 Å². The van der Waals surface area contributed by atoms with E-state index in [0.29, 0.717) is 18.8 Å². The van der Waals surface area contributed by atoms with Crippen LogP contribution in [-0.4, -0.2) is 19.9 Å². The van der Waals surface area contributed by atoms with E-state index in [1.807, 2.05) is 30.3 Å². The van der Waals surface area contributed by atoms with Crippen molar-refractivity contribution in [2.75, 3.05) is 11.1 Å². The summed E-state index contributed by atoms with van der Waals surface area (Å²) >= 11 is 1.70. The van der Waals surface area contributed by atoms with Crippen LogP contribution in [0.3, 0.4) is 0 Å². The summed E-state index contributed by atoms with van der Waals surface area (Å²) in [5, 5.41) is 4.26. The van der Waals surface area contributed by atoms with Crippen LogP contribution in [0, 0.1) is 5.82 Å². The fraction of sp³-hybridized carbons (Fsp3) is 0.0833. The monoisotopic (exact) mass is 442 g/mol. The molecule has 1 aromatic carbocycles. The molecule has 0 saturated carbocycles. The maximum absolute atomic E-state index is 13.5. The molecule has 0 fully saturated rings. The normalized spacial score (nSPS) is 11.0. The molecule has 6 nitrogen and oxygen atoms in total. The molecule has 0 atom stereocenters. The summed E-state index contributed by atoms with van der Waals surface area (Å²) in [4.78, 5) is 19.0. The van der Waals surface area contributed by atoms with Crippen molar-refractivity contribution in [3.63, 3.8) is 0 Å². The first kappa shape index (κ1) is 20.0. The van der Waals surface area contributed by atoms with E-state index < -0.39 is 0 Å². The second kappa shape index (κ2) is 8.68. The molecule has 32 heavy (non-hydrogen) atoms. The average molecular weight is 443 g/mol. The van der Waals surface area contributed by atoms with Gasteiger partial charge >= 0.3 is 0 Å². The maximum Gasteiger partial charge on any atom is 0.141 e. The summed E-state index contributed by atoms with van der Waals surface area (Å²) in [6.45, 7) is 0.634. The van der Waals surface area contributed by atoms with E-state index in [0.717, 1.165) is 38.3 Å². The summed E-state index contributed by atoms with van der Waals surface area (Å²) in [5.41, 5.74) is 9.71. The van der Waals surface area contributed by atoms with Gasteiger partial charge in [-0.15, -0.1) is 11.3 Å². The van der Waals surface area contributed by atoms with Crippen molar-refractivity contribution in [3.05, 3.63) is 95.3 Å². The van der Waals surface area contributed by atoms with Crippen LogP contribution in [0.5, 0.6) is 0 Å². The first-order chi connectivity index (χ1) is 15.7. The lowest BCUT2D eigenvalue weighted by Gasteiger charge is -2.10. The Kier molecular flexibility index (Phi) is 5.43. The van der Waals surface area contributed by atoms with E-state index >= 15 is 0 Å². The lowest BCUT2D eigenvalue weighted by atomic mass is 10.1. The lowest BCUT2D eigenvalue weighted by molar-refractivity contribution is 0.619. The Morgan fingerprint density at radius 2 is 1.94 bits per heavy atom. The van der Waals surface area contributed by atoms with Gasteiger partial charge in [-0.3, -0.25) is 4.98 Å². The van der Waals surface area contributed by atoms with E-state index in [2.05, 4.69) is 37.4 Å². The fourth-order valence-electron chi connectivity index (χ4n) is 3.54. The molecule has 8 heteroatoms. The quantitative estimate of drug-likeness (QED) is 0.382. The standard InChI is InChI=1S/C24H19FN6S/c25-18-9-15(11-27-12-18)8-17-2-1-7-28-24(17)29-13-19-4-6-22(32-19)16-3-5-21-20(10-16)23(26)31-14-30-21/h1-7,9-12,14H,8,13H2,(H,28,29)(H2,26,30,31). The molecule has 0 aliphatic carbocycles. The third-order valence-corrected chi connectivity index (χ3v) is 6.22. The molecule has 0 aliphatic heterocycles. The van der Waals surface area contributed by atoms with Crippen LogP contribution in [0.2, 0.25) is 0 Å². The Morgan fingerprint density at radius 3 is 2.84 bits per heavy atom. The predicted molar refractivity (Wildman–Crippen MR) is 126 cm³/mol. The van der Waals surface area contributed by atoms with Gasteiger partial charge in [-0.2, -0.15) is 0 Å². The highest BCUT2D eigenvalue weighted by atomic mass is 32.1. The smallest absolute Gasteiger partial charge is 0.141 e. The summed E-state index contributed by atoms with van der Waals surface area (Å²) in [6.07, 6.45) is 6.65. The van der Waals surface area contributed by atoms with Crippen molar-refractivity contribution in [2.45, 2.75) is 13.0 Å². The highest BCUT2D eigenvalue weighted by Gasteiger charge is 2.09. The van der Waals surface area contributed by atoms with Crippen LogP contribution in [0.15, 0.2) is 73.4 Å². The molecule has 5 rings (SSSR count). The van der Waals surface area contributed by atoms with Crippen LogP contribution < -0.4 is 11.1 Å². The van der Waals surface area contributed by atoms with Crippen molar-refractivity contribution in [2.24, 2.45) is 0 Å². The Morgan fingerprint density at radius 1 is 1.00 bits per heavy atom. The van der Waals surface area contributed by atoms with Gasteiger partial charge < -0.3 is 11.1 Å². The van der Waals surface area contributed by atoms with E-state index in [4.69, 9.17) is 5.73 Å². The minimum absolute atomic E-state index is 0.339. The lowest BCUT2D eigenvalue weighted by Crippen LogP contribution is -2.04. The topological polar surface area (TPSA) is 89.6 Å². The molecular weight excluding hydrogens is 423 g/mol. The van der Waals surface area contributed by atoms with Gasteiger partial charge in [0.05, 0.1) is 18.3 Å². The molecule has 0 saturated heterocycles. The highest BCUT2D eigenvalue weighted by Crippen LogP contribution is 2.31. The summed E-state index contributed by atoms with van der Waals surface area (Å²) in [6, 6.07) is 15.6. The third kappa shape index (κ3) is 4.26. The second-order valence-corrected chi connectivity index (χ2v) is 8.48. The number of thiophene rings is 1. The molecule has 158 valence electrons. The van der Waals surface area contributed by atoms with Crippen LogP contribution in [0.1, 0.15) is 16.0 Å². The number of nitrogens with one attached hydrogen (secondary N) is 1. The predicted octanol–water partition coefficient (Wildman–Crippen LogP) is 5.07. The van der Waals surface area contributed by atoms with Crippen LogP contribution in [0.4, 0.5) is 16.0 Å². The molecule has 0 spiro atoms. The average Bonchev–Trinajstić information content (AvgIpc) is 3.28. The van der Waals surface area contributed by atoms with Crippen molar-refractivity contribution < 1.29 is 4.39 Å². The van der Waals surface area contributed by atoms with Gasteiger partial charge in [0.1, 0.15) is 23.8 Å². The van der Waals surface area contributed by atoms with Crippen molar-refractivity contribution >= 4 is 33.9 Å². The zero-order valence-corrected chi connectivity index (χ0v) is 17.8. The Hall–Kier alpha value is -3.91. The number of nitrogen functional groups attached to an aromatic ring is 1. The van der Waals surface area contributed by atoms with E-state index in [-0.39, 0.29) is 5.82 Å². The Labute approximate surface area is 188 Å². The number of hydrogen-bond donors (Lipinski definition) is 2. The Balaban J connectivity index is 1.32. The number of fused-ring (bicyclic) bond motifs is 1. The number of halogens is 1. The Bertz CT molecular complexity index is 1400. The third-order valence-electron chi connectivity index (χ3n) is 5.09. The number of nitrogens with zero attached hydrogens (tertiary/aromatic N) is 4. The number of rotatable bonds is 6. The molecule has 0 bridgehead atoms. The van der Waals surface area contributed by atoms with Crippen LogP contribution >= 0.6 is 11.3 Å². The van der Waals surface area contributed by atoms with Gasteiger partial charge in [-0.25, -0.2) is 19.3 Å². The zero-order valence-electron chi connectivity index (χ0n) is 17.0. The molecule has 0 unspecified atom stereocenters. The van der Waals surface area contributed by atoms with Gasteiger partial charge in [0.2, 0.25) is 0 Å². The largest absolute Gasteiger partial charge is 0.383 e. The molecule has 0 aliphatic rings. The molecule has 0 amide bonds. The van der Waals surface area contributed by atoms with Crippen molar-refractivity contribution in [1.29, 1.82) is 0 Å². The van der Waals surface area contributed by atoms with Gasteiger partial charge in [-0.1, -0.05) is 12.1 Å². The summed E-state index contributed by atoms with van der Waals surface area (Å²) in [5.74, 6) is 0.919. The molecular formula is C24H19FN6S. The van der Waals surface area contributed by atoms with Crippen LogP contribution in [-0.2, 0) is 13.0 Å². The zero-order chi connectivity index (χ0) is 21.9. The van der Waals surface area contributed by atoms with Crippen molar-refractivity contribution in [1.82, 2.24) is 19.9 Å². The maximum atomic E-state index is 13.5. The first-order valence-electron chi connectivity index (χ1n) is 10.0. The van der Waals surface area contributed by atoms with Crippen molar-refractivity contribution in [3.8, 4) is 10.4 Å². The molecule has 4 aromatic heterocycles. The highest BCUT2D eigenvalue weighted by molar-refractivity contribution is 7.15. The molecule has 5 aromatic rings. The number of nitrogens with two attached hydrogens (primary N) is 1. The van der Waals surface area contributed by atoms with Crippen LogP contribution in [0.25, 0.3) is 21.3 Å². The van der Waals surface area contributed by atoms with Gasteiger partial charge in [0.25, 0.3) is 0 Å². The number of aromatic nitrogens is 4. The van der Waals surface area contributed by atoms with Gasteiger partial charge in [0.15, 0.2) is 0 Å². The minimum Gasteiger partial charge on any atom is -0.383 e. The second-order valence-electron chi connectivity index (χ2n) is 7.31. The first-order valence-corrected chi connectivity index (χ1v) is 10.8. The number of hydrogen-bond acceptors (Lipinski definition) is 7. The summed E-state index contributed by atoms with van der Waals surface area (Å²) < 4.78 is 13.5. The molecule has 0 radical (unpaired) electrons. The molecule has 3 N–H and O–H groups in total. The molecule has 4 heterocycles. The number of anilines is 2. The SMILES string of the molecule is Nc1ncnc2ccc(-c3ccc(CNc4ncccc4Cc4cncc(F)c4)s3)cc12. The van der Waals surface area contributed by atoms with E-state index in [1.54, 1.807) is 23.7 Å². The van der Waals surface area contributed by atoms with Gasteiger partial charge in [0, 0.05) is 34.0 Å². The summed E-state index contributed by atoms with van der Waals surface area (Å²) in [7, 11) is 0. The fourth-order valence-corrected chi connectivity index (χ4v) is 4.49. The number of pyridine rings is 2. The van der Waals surface area contributed by atoms with E-state index in [1.165, 1.54) is 23.5 Å². The van der Waals surface area contributed by atoms with E-state index in [9.17, 15) is 4.39 Å².